The van der Waals surface area contributed by atoms with Crippen LogP contribution in [0.25, 0.3) is 0 Å². The molecule has 0 aromatic heterocycles. The molecule has 26 heavy (non-hydrogen) atoms. The first-order valence-electron chi connectivity index (χ1n) is 8.28. The highest BCUT2D eigenvalue weighted by Crippen LogP contribution is 2.22. The van der Waals surface area contributed by atoms with Gasteiger partial charge in [0.25, 0.3) is 11.6 Å². The summed E-state index contributed by atoms with van der Waals surface area (Å²) in [5.74, 6) is 0.143. The van der Waals surface area contributed by atoms with Gasteiger partial charge in [-0.25, -0.2) is 0 Å². The minimum absolute atomic E-state index is 0.0905. The molecule has 0 spiro atoms. The summed E-state index contributed by atoms with van der Waals surface area (Å²) in [6.07, 6.45) is 2.10. The number of ether oxygens (including phenoxy) is 2. The third-order valence-corrected chi connectivity index (χ3v) is 3.97. The lowest BCUT2D eigenvalue weighted by atomic mass is 10.2. The van der Waals surface area contributed by atoms with Crippen molar-refractivity contribution in [2.24, 2.45) is 0 Å². The highest BCUT2D eigenvalue weighted by atomic mass is 16.6. The first kappa shape index (κ1) is 17.7. The summed E-state index contributed by atoms with van der Waals surface area (Å²) in [5.41, 5.74) is 5.51. The highest BCUT2D eigenvalue weighted by molar-refractivity contribution is 5.95. The van der Waals surface area contributed by atoms with Crippen LogP contribution in [0, 0.1) is 10.1 Å². The van der Waals surface area contributed by atoms with Crippen LogP contribution in [0.5, 0.6) is 5.75 Å². The molecule has 1 atom stereocenters. The smallest absolute Gasteiger partial charge is 0.294 e. The fraction of sp³-hybridized carbons (Fsp3) is 0.278. The Morgan fingerprint density at radius 3 is 2.88 bits per heavy atom. The van der Waals surface area contributed by atoms with Crippen molar-refractivity contribution >= 4 is 17.3 Å². The summed E-state index contributed by atoms with van der Waals surface area (Å²) in [5, 5.41) is 11.0. The second kappa shape index (κ2) is 8.30. The number of carbonyl (C=O) groups excluding carboxylic acids is 1. The lowest BCUT2D eigenvalue weighted by Crippen LogP contribution is -2.29. The van der Waals surface area contributed by atoms with Crippen molar-refractivity contribution in [1.29, 1.82) is 0 Å². The number of hydrazine groups is 1. The first-order valence-corrected chi connectivity index (χ1v) is 8.28. The minimum Gasteiger partial charge on any atom is -0.491 e. The zero-order valence-corrected chi connectivity index (χ0v) is 14.0. The summed E-state index contributed by atoms with van der Waals surface area (Å²) in [4.78, 5) is 22.8. The van der Waals surface area contributed by atoms with E-state index in [1.54, 1.807) is 36.4 Å². The second-order valence-corrected chi connectivity index (χ2v) is 5.83. The van der Waals surface area contributed by atoms with Crippen LogP contribution in [0.1, 0.15) is 23.2 Å². The molecule has 8 heteroatoms. The van der Waals surface area contributed by atoms with Crippen molar-refractivity contribution in [3.63, 3.8) is 0 Å². The zero-order valence-electron chi connectivity index (χ0n) is 14.0. The minimum atomic E-state index is -0.520. The molecule has 0 radical (unpaired) electrons. The summed E-state index contributed by atoms with van der Waals surface area (Å²) in [6.45, 7) is 1.20. The van der Waals surface area contributed by atoms with Crippen LogP contribution in [0.2, 0.25) is 0 Å². The van der Waals surface area contributed by atoms with Crippen LogP contribution in [0.4, 0.5) is 11.4 Å². The van der Waals surface area contributed by atoms with Crippen LogP contribution in [-0.4, -0.2) is 30.1 Å². The SMILES string of the molecule is O=C(NNc1ccccc1[N+](=O)[O-])c1cccc(OC[C@@H]2CCCO2)c1. The number of para-hydroxylation sites is 2. The largest absolute Gasteiger partial charge is 0.491 e. The van der Waals surface area contributed by atoms with E-state index in [9.17, 15) is 14.9 Å². The molecule has 1 aliphatic rings. The molecular formula is C18H19N3O5. The van der Waals surface area contributed by atoms with Crippen molar-refractivity contribution in [2.75, 3.05) is 18.6 Å². The third kappa shape index (κ3) is 4.48. The quantitative estimate of drug-likeness (QED) is 0.583. The number of carbonyl (C=O) groups is 1. The van der Waals surface area contributed by atoms with Crippen LogP contribution < -0.4 is 15.6 Å². The standard InChI is InChI=1S/C18H19N3O5/c22-18(20-19-16-8-1-2-9-17(16)21(23)24)13-5-3-6-14(11-13)26-12-15-7-4-10-25-15/h1-3,5-6,8-9,11,15,19H,4,7,10,12H2,(H,20,22)/t15-/m0/s1. The number of nitro benzene ring substituents is 1. The number of hydrogen-bond acceptors (Lipinski definition) is 6. The highest BCUT2D eigenvalue weighted by Gasteiger charge is 2.17. The van der Waals surface area contributed by atoms with Gasteiger partial charge in [0.05, 0.1) is 11.0 Å². The van der Waals surface area contributed by atoms with Gasteiger partial charge in [-0.1, -0.05) is 18.2 Å². The molecular weight excluding hydrogens is 338 g/mol. The molecule has 1 fully saturated rings. The van der Waals surface area contributed by atoms with E-state index in [1.807, 2.05) is 0 Å². The van der Waals surface area contributed by atoms with Gasteiger partial charge in [0.15, 0.2) is 0 Å². The van der Waals surface area contributed by atoms with E-state index in [0.29, 0.717) is 17.9 Å². The maximum absolute atomic E-state index is 12.3. The summed E-state index contributed by atoms with van der Waals surface area (Å²) < 4.78 is 11.2. The van der Waals surface area contributed by atoms with Gasteiger partial charge in [0.2, 0.25) is 0 Å². The van der Waals surface area contributed by atoms with Crippen molar-refractivity contribution in [1.82, 2.24) is 5.43 Å². The molecule has 1 heterocycles. The van der Waals surface area contributed by atoms with Crippen molar-refractivity contribution in [3.05, 3.63) is 64.2 Å². The van der Waals surface area contributed by atoms with E-state index in [4.69, 9.17) is 9.47 Å². The topological polar surface area (TPSA) is 103 Å². The number of amides is 1. The lowest BCUT2D eigenvalue weighted by molar-refractivity contribution is -0.384. The Morgan fingerprint density at radius 2 is 2.12 bits per heavy atom. The number of anilines is 1. The lowest BCUT2D eigenvalue weighted by Gasteiger charge is -2.13. The Kier molecular flexibility index (Phi) is 5.65. The average molecular weight is 357 g/mol. The van der Waals surface area contributed by atoms with Crippen LogP contribution in [-0.2, 0) is 4.74 Å². The predicted molar refractivity (Wildman–Crippen MR) is 95.1 cm³/mol. The summed E-state index contributed by atoms with van der Waals surface area (Å²) >= 11 is 0. The van der Waals surface area contributed by atoms with Crippen molar-refractivity contribution in [3.8, 4) is 5.75 Å². The van der Waals surface area contributed by atoms with Crippen molar-refractivity contribution < 1.29 is 19.2 Å². The molecule has 2 aromatic rings. The number of hydrogen-bond donors (Lipinski definition) is 2. The van der Waals surface area contributed by atoms with Gasteiger partial charge in [0, 0.05) is 18.2 Å². The fourth-order valence-electron chi connectivity index (χ4n) is 2.63. The molecule has 0 unspecified atom stereocenters. The first-order chi connectivity index (χ1) is 12.6. The Bertz CT molecular complexity index is 790. The molecule has 0 saturated carbocycles. The van der Waals surface area contributed by atoms with Crippen LogP contribution >= 0.6 is 0 Å². The van der Waals surface area contributed by atoms with Gasteiger partial charge < -0.3 is 9.47 Å². The number of rotatable bonds is 7. The molecule has 1 saturated heterocycles. The molecule has 1 amide bonds. The van der Waals surface area contributed by atoms with Gasteiger partial charge in [-0.15, -0.1) is 0 Å². The van der Waals surface area contributed by atoms with E-state index in [1.165, 1.54) is 12.1 Å². The van der Waals surface area contributed by atoms with Crippen LogP contribution in [0.3, 0.4) is 0 Å². The fourth-order valence-corrected chi connectivity index (χ4v) is 2.63. The normalized spacial score (nSPS) is 16.1. The van der Waals surface area contributed by atoms with Gasteiger partial charge in [-0.3, -0.25) is 25.8 Å². The monoisotopic (exact) mass is 357 g/mol. The maximum atomic E-state index is 12.3. The van der Waals surface area contributed by atoms with E-state index < -0.39 is 10.8 Å². The number of nitrogens with one attached hydrogen (secondary N) is 2. The summed E-state index contributed by atoms with van der Waals surface area (Å²) in [7, 11) is 0. The average Bonchev–Trinajstić information content (AvgIpc) is 3.18. The van der Waals surface area contributed by atoms with E-state index in [2.05, 4.69) is 10.9 Å². The number of nitro groups is 1. The summed E-state index contributed by atoms with van der Waals surface area (Å²) in [6, 6.07) is 12.8. The number of nitrogens with zero attached hydrogens (tertiary/aromatic N) is 1. The van der Waals surface area contributed by atoms with Gasteiger partial charge >= 0.3 is 0 Å². The maximum Gasteiger partial charge on any atom is 0.294 e. The molecule has 2 aromatic carbocycles. The zero-order chi connectivity index (χ0) is 18.4. The van der Waals surface area contributed by atoms with Crippen LogP contribution in [0.15, 0.2) is 48.5 Å². The Balaban J connectivity index is 1.59. The molecule has 136 valence electrons. The Hall–Kier alpha value is -3.13. The Labute approximate surface area is 150 Å². The van der Waals surface area contributed by atoms with Gasteiger partial charge in [0.1, 0.15) is 18.0 Å². The second-order valence-electron chi connectivity index (χ2n) is 5.83. The molecule has 8 nitrogen and oxygen atoms in total. The predicted octanol–water partition coefficient (Wildman–Crippen LogP) is 2.91. The van der Waals surface area contributed by atoms with Crippen molar-refractivity contribution in [2.45, 2.75) is 18.9 Å². The van der Waals surface area contributed by atoms with E-state index in [-0.39, 0.29) is 17.5 Å². The van der Waals surface area contributed by atoms with E-state index in [0.717, 1.165) is 19.4 Å². The van der Waals surface area contributed by atoms with Gasteiger partial charge in [-0.2, -0.15) is 0 Å². The molecule has 0 aliphatic carbocycles. The molecule has 2 N–H and O–H groups in total. The third-order valence-electron chi connectivity index (χ3n) is 3.97. The molecule has 0 bridgehead atoms. The van der Waals surface area contributed by atoms with E-state index >= 15 is 0 Å². The molecule has 1 aliphatic heterocycles. The Morgan fingerprint density at radius 1 is 1.27 bits per heavy atom. The molecule has 3 rings (SSSR count). The van der Waals surface area contributed by atoms with Gasteiger partial charge in [-0.05, 0) is 37.1 Å². The number of benzene rings is 2.